The van der Waals surface area contributed by atoms with Gasteiger partial charge in [0.1, 0.15) is 5.69 Å². The fraction of sp³-hybridized carbons (Fsp3) is 0.278. The van der Waals surface area contributed by atoms with E-state index < -0.39 is 0 Å². The zero-order chi connectivity index (χ0) is 18.1. The van der Waals surface area contributed by atoms with Crippen LogP contribution in [-0.4, -0.2) is 56.7 Å². The lowest BCUT2D eigenvalue weighted by Crippen LogP contribution is -2.37. The van der Waals surface area contributed by atoms with Crippen LogP contribution in [0.4, 0.5) is 0 Å². The minimum atomic E-state index is -0.350. The molecule has 0 fully saturated rings. The summed E-state index contributed by atoms with van der Waals surface area (Å²) in [6, 6.07) is 9.58. The Kier molecular flexibility index (Phi) is 4.18. The summed E-state index contributed by atoms with van der Waals surface area (Å²) in [6.45, 7) is 0.907. The number of amides is 2. The summed E-state index contributed by atoms with van der Waals surface area (Å²) < 4.78 is 0. The van der Waals surface area contributed by atoms with E-state index in [4.69, 9.17) is 5.11 Å². The van der Waals surface area contributed by atoms with Gasteiger partial charge in [-0.05, 0) is 12.1 Å². The van der Waals surface area contributed by atoms with Crippen molar-refractivity contribution >= 4 is 22.7 Å². The fourth-order valence-corrected chi connectivity index (χ4v) is 3.27. The van der Waals surface area contributed by atoms with E-state index in [1.54, 1.807) is 4.90 Å². The second kappa shape index (κ2) is 6.64. The smallest absolute Gasteiger partial charge is 0.272 e. The number of hydrogen-bond donors (Lipinski definition) is 4. The van der Waals surface area contributed by atoms with Crippen LogP contribution in [0, 0.1) is 0 Å². The quantitative estimate of drug-likeness (QED) is 0.556. The lowest BCUT2D eigenvalue weighted by atomic mass is 10.0. The molecule has 26 heavy (non-hydrogen) atoms. The van der Waals surface area contributed by atoms with Crippen molar-refractivity contribution in [3.63, 3.8) is 0 Å². The second-order valence-corrected chi connectivity index (χ2v) is 6.26. The Balaban J connectivity index is 1.56. The van der Waals surface area contributed by atoms with E-state index in [1.165, 1.54) is 0 Å². The number of para-hydroxylation sites is 1. The molecular weight excluding hydrogens is 334 g/mol. The number of carbonyl (C=O) groups excluding carboxylic acids is 2. The summed E-state index contributed by atoms with van der Waals surface area (Å²) >= 11 is 0. The number of carbonyl (C=O) groups is 2. The number of nitrogens with one attached hydrogen (secondary N) is 3. The standard InChI is InChI=1S/C18H19N5O3/c24-8-6-19-17(25)16-12-10-23(7-5-14(12)21-22-16)18(26)15-9-11-3-1-2-4-13(11)20-15/h1-4,9,20,24H,5-8,10H2,(H,19,25)(H,21,22). The van der Waals surface area contributed by atoms with Gasteiger partial charge in [0.2, 0.25) is 0 Å². The molecule has 0 unspecified atom stereocenters. The van der Waals surface area contributed by atoms with Crippen LogP contribution in [0.1, 0.15) is 32.2 Å². The van der Waals surface area contributed by atoms with E-state index in [1.807, 2.05) is 30.3 Å². The summed E-state index contributed by atoms with van der Waals surface area (Å²) in [6.07, 6.45) is 0.613. The number of rotatable bonds is 4. The number of aromatic amines is 2. The van der Waals surface area contributed by atoms with Crippen LogP contribution in [-0.2, 0) is 13.0 Å². The van der Waals surface area contributed by atoms with Crippen molar-refractivity contribution < 1.29 is 14.7 Å². The van der Waals surface area contributed by atoms with Gasteiger partial charge in [-0.25, -0.2) is 0 Å². The first kappa shape index (κ1) is 16.3. The van der Waals surface area contributed by atoms with Crippen molar-refractivity contribution in [2.45, 2.75) is 13.0 Å². The van der Waals surface area contributed by atoms with Crippen LogP contribution in [0.3, 0.4) is 0 Å². The molecule has 8 nitrogen and oxygen atoms in total. The first-order valence-electron chi connectivity index (χ1n) is 8.49. The van der Waals surface area contributed by atoms with Gasteiger partial charge in [-0.15, -0.1) is 0 Å². The zero-order valence-electron chi connectivity index (χ0n) is 14.1. The maximum atomic E-state index is 12.9. The first-order chi connectivity index (χ1) is 12.7. The molecule has 3 aromatic rings. The highest BCUT2D eigenvalue weighted by Crippen LogP contribution is 2.23. The molecule has 8 heteroatoms. The summed E-state index contributed by atoms with van der Waals surface area (Å²) in [4.78, 5) is 29.9. The Labute approximate surface area is 149 Å². The van der Waals surface area contributed by atoms with Crippen LogP contribution in [0.5, 0.6) is 0 Å². The monoisotopic (exact) mass is 353 g/mol. The van der Waals surface area contributed by atoms with E-state index in [0.717, 1.165) is 22.2 Å². The number of fused-ring (bicyclic) bond motifs is 2. The maximum Gasteiger partial charge on any atom is 0.272 e. The Morgan fingerprint density at radius 2 is 2.15 bits per heavy atom. The van der Waals surface area contributed by atoms with Gasteiger partial charge in [0.05, 0.1) is 13.2 Å². The van der Waals surface area contributed by atoms with Crippen LogP contribution in [0.25, 0.3) is 10.9 Å². The first-order valence-corrected chi connectivity index (χ1v) is 8.49. The number of aliphatic hydroxyl groups is 1. The van der Waals surface area contributed by atoms with Gasteiger partial charge >= 0.3 is 0 Å². The Morgan fingerprint density at radius 1 is 1.31 bits per heavy atom. The number of hydrogen-bond acceptors (Lipinski definition) is 4. The molecule has 2 amide bonds. The van der Waals surface area contributed by atoms with E-state index in [2.05, 4.69) is 20.5 Å². The summed E-state index contributed by atoms with van der Waals surface area (Å²) in [5, 5.41) is 19.4. The molecule has 0 saturated carbocycles. The van der Waals surface area contributed by atoms with Gasteiger partial charge in [0, 0.05) is 41.7 Å². The maximum absolute atomic E-state index is 12.9. The SMILES string of the molecule is O=C(NCCO)c1n[nH]c2c1CN(C(=O)c1cc3ccccc3[nH]1)CC2. The summed E-state index contributed by atoms with van der Waals surface area (Å²) in [5.74, 6) is -0.453. The normalized spacial score (nSPS) is 13.7. The molecule has 0 saturated heterocycles. The van der Waals surface area contributed by atoms with Gasteiger partial charge < -0.3 is 20.3 Å². The van der Waals surface area contributed by atoms with Crippen molar-refractivity contribution in [2.75, 3.05) is 19.7 Å². The average molecular weight is 353 g/mol. The number of H-pyrrole nitrogens is 2. The molecule has 134 valence electrons. The zero-order valence-corrected chi connectivity index (χ0v) is 14.1. The number of aliphatic hydroxyl groups excluding tert-OH is 1. The van der Waals surface area contributed by atoms with Crippen molar-refractivity contribution in [3.8, 4) is 0 Å². The predicted molar refractivity (Wildman–Crippen MR) is 94.7 cm³/mol. The highest BCUT2D eigenvalue weighted by atomic mass is 16.3. The predicted octanol–water partition coefficient (Wildman–Crippen LogP) is 0.812. The van der Waals surface area contributed by atoms with Gasteiger partial charge in [0.15, 0.2) is 5.69 Å². The second-order valence-electron chi connectivity index (χ2n) is 6.26. The molecule has 1 aliphatic rings. The molecule has 2 aromatic heterocycles. The van der Waals surface area contributed by atoms with Gasteiger partial charge in [-0.2, -0.15) is 5.10 Å². The molecule has 0 bridgehead atoms. The lowest BCUT2D eigenvalue weighted by Gasteiger charge is -2.26. The van der Waals surface area contributed by atoms with Gasteiger partial charge in [-0.1, -0.05) is 18.2 Å². The Morgan fingerprint density at radius 3 is 2.96 bits per heavy atom. The minimum Gasteiger partial charge on any atom is -0.395 e. The van der Waals surface area contributed by atoms with Gasteiger partial charge in [-0.3, -0.25) is 14.7 Å². The molecule has 1 aliphatic heterocycles. The highest BCUT2D eigenvalue weighted by molar-refractivity contribution is 5.98. The molecule has 0 aliphatic carbocycles. The lowest BCUT2D eigenvalue weighted by molar-refractivity contribution is 0.0726. The molecule has 0 spiro atoms. The van der Waals surface area contributed by atoms with E-state index >= 15 is 0 Å². The molecule has 0 radical (unpaired) electrons. The third-order valence-electron chi connectivity index (χ3n) is 4.59. The Bertz CT molecular complexity index is 941. The summed E-state index contributed by atoms with van der Waals surface area (Å²) in [7, 11) is 0. The largest absolute Gasteiger partial charge is 0.395 e. The molecule has 3 heterocycles. The fourth-order valence-electron chi connectivity index (χ4n) is 3.27. The highest BCUT2D eigenvalue weighted by Gasteiger charge is 2.28. The topological polar surface area (TPSA) is 114 Å². The summed E-state index contributed by atoms with van der Waals surface area (Å²) in [5.41, 5.74) is 3.34. The molecule has 1 aromatic carbocycles. The average Bonchev–Trinajstić information content (AvgIpc) is 3.28. The van der Waals surface area contributed by atoms with Crippen LogP contribution in [0.15, 0.2) is 30.3 Å². The van der Waals surface area contributed by atoms with Gasteiger partial charge in [0.25, 0.3) is 11.8 Å². The third kappa shape index (κ3) is 2.84. The van der Waals surface area contributed by atoms with Crippen molar-refractivity contribution in [1.82, 2.24) is 25.4 Å². The van der Waals surface area contributed by atoms with Crippen molar-refractivity contribution in [1.29, 1.82) is 0 Å². The third-order valence-corrected chi connectivity index (χ3v) is 4.59. The van der Waals surface area contributed by atoms with Crippen molar-refractivity contribution in [2.24, 2.45) is 0 Å². The van der Waals surface area contributed by atoms with Crippen LogP contribution < -0.4 is 5.32 Å². The number of benzene rings is 1. The molecular formula is C18H19N5O3. The molecule has 4 N–H and O–H groups in total. The number of nitrogens with zero attached hydrogens (tertiary/aromatic N) is 2. The van der Waals surface area contributed by atoms with Crippen LogP contribution in [0.2, 0.25) is 0 Å². The molecule has 0 atom stereocenters. The van der Waals surface area contributed by atoms with Crippen molar-refractivity contribution in [3.05, 3.63) is 53.0 Å². The number of aromatic nitrogens is 3. The minimum absolute atomic E-state index is 0.102. The van der Waals surface area contributed by atoms with E-state index in [0.29, 0.717) is 25.2 Å². The van der Waals surface area contributed by atoms with E-state index in [9.17, 15) is 9.59 Å². The Hall–Kier alpha value is -3.13. The van der Waals surface area contributed by atoms with E-state index in [-0.39, 0.29) is 30.7 Å². The van der Waals surface area contributed by atoms with Crippen LogP contribution >= 0.6 is 0 Å². The molecule has 4 rings (SSSR count).